The van der Waals surface area contributed by atoms with E-state index in [-0.39, 0.29) is 5.82 Å². The van der Waals surface area contributed by atoms with Crippen LogP contribution in [0.25, 0.3) is 0 Å². The minimum absolute atomic E-state index is 0.217. The van der Waals surface area contributed by atoms with E-state index in [0.717, 1.165) is 30.8 Å². The first-order valence-electron chi connectivity index (χ1n) is 5.00. The molecule has 1 rings (SSSR count). The zero-order valence-electron chi connectivity index (χ0n) is 9.16. The number of aliphatic imine (C=N–C) groups is 1. The number of ether oxygens (including phenoxy) is 1. The highest BCUT2D eigenvalue weighted by molar-refractivity contribution is 5.98. The molecule has 0 fully saturated rings. The molecule has 0 spiro atoms. The monoisotopic (exact) mass is 209 g/mol. The van der Waals surface area contributed by atoms with Crippen LogP contribution >= 0.6 is 0 Å². The Morgan fingerprint density at radius 3 is 2.60 bits per heavy atom. The standard InChI is InChI=1S/C12H16FNO/c1-10(14-8-3-9-15-2)11-4-6-12(13)7-5-11/h4-7H,3,8-9H2,1-2H3. The molecule has 0 aromatic heterocycles. The third-order valence-electron chi connectivity index (χ3n) is 2.12. The van der Waals surface area contributed by atoms with Gasteiger partial charge in [-0.3, -0.25) is 4.99 Å². The Kier molecular flexibility index (Phi) is 4.98. The van der Waals surface area contributed by atoms with Gasteiger partial charge in [0.25, 0.3) is 0 Å². The van der Waals surface area contributed by atoms with Crippen molar-refractivity contribution >= 4 is 5.71 Å². The third kappa shape index (κ3) is 4.21. The molecule has 3 heteroatoms. The van der Waals surface area contributed by atoms with Gasteiger partial charge in [0.05, 0.1) is 0 Å². The molecule has 82 valence electrons. The van der Waals surface area contributed by atoms with Crippen molar-refractivity contribution in [2.75, 3.05) is 20.3 Å². The molecule has 1 aromatic rings. The van der Waals surface area contributed by atoms with E-state index in [9.17, 15) is 4.39 Å². The van der Waals surface area contributed by atoms with Crippen LogP contribution in [0.2, 0.25) is 0 Å². The lowest BCUT2D eigenvalue weighted by atomic mass is 10.1. The molecule has 0 unspecified atom stereocenters. The second-order valence-electron chi connectivity index (χ2n) is 3.32. The summed E-state index contributed by atoms with van der Waals surface area (Å²) in [6, 6.07) is 6.38. The first-order valence-corrected chi connectivity index (χ1v) is 5.00. The molecular formula is C12H16FNO. The quantitative estimate of drug-likeness (QED) is 0.539. The van der Waals surface area contributed by atoms with Crippen LogP contribution in [-0.4, -0.2) is 26.0 Å². The van der Waals surface area contributed by atoms with Crippen LogP contribution in [0.15, 0.2) is 29.3 Å². The fourth-order valence-electron chi connectivity index (χ4n) is 1.24. The van der Waals surface area contributed by atoms with Crippen molar-refractivity contribution in [3.63, 3.8) is 0 Å². The van der Waals surface area contributed by atoms with Crippen molar-refractivity contribution < 1.29 is 9.13 Å². The molecule has 0 aliphatic carbocycles. The maximum absolute atomic E-state index is 12.6. The van der Waals surface area contributed by atoms with Gasteiger partial charge in [0.15, 0.2) is 0 Å². The second kappa shape index (κ2) is 6.30. The van der Waals surface area contributed by atoms with Gasteiger partial charge >= 0.3 is 0 Å². The molecule has 0 saturated carbocycles. The summed E-state index contributed by atoms with van der Waals surface area (Å²) in [6.07, 6.45) is 0.912. The fourth-order valence-corrected chi connectivity index (χ4v) is 1.24. The van der Waals surface area contributed by atoms with Gasteiger partial charge in [0.1, 0.15) is 5.82 Å². The third-order valence-corrected chi connectivity index (χ3v) is 2.12. The van der Waals surface area contributed by atoms with Gasteiger partial charge in [0, 0.05) is 26.0 Å². The van der Waals surface area contributed by atoms with E-state index in [1.165, 1.54) is 12.1 Å². The minimum atomic E-state index is -0.217. The summed E-state index contributed by atoms with van der Waals surface area (Å²) in [5.74, 6) is -0.217. The molecule has 1 aromatic carbocycles. The summed E-state index contributed by atoms with van der Waals surface area (Å²) in [7, 11) is 1.68. The maximum Gasteiger partial charge on any atom is 0.123 e. The van der Waals surface area contributed by atoms with E-state index in [4.69, 9.17) is 4.74 Å². The number of hydrogen-bond donors (Lipinski definition) is 0. The van der Waals surface area contributed by atoms with Crippen LogP contribution in [0.1, 0.15) is 18.9 Å². The molecule has 0 aliphatic heterocycles. The number of methoxy groups -OCH3 is 1. The number of rotatable bonds is 5. The first-order chi connectivity index (χ1) is 7.24. The minimum Gasteiger partial charge on any atom is -0.385 e. The topological polar surface area (TPSA) is 21.6 Å². The van der Waals surface area contributed by atoms with Crippen LogP contribution < -0.4 is 0 Å². The van der Waals surface area contributed by atoms with Crippen molar-refractivity contribution in [2.45, 2.75) is 13.3 Å². The lowest BCUT2D eigenvalue weighted by Crippen LogP contribution is -1.98. The Balaban J connectivity index is 2.52. The second-order valence-corrected chi connectivity index (χ2v) is 3.32. The lowest BCUT2D eigenvalue weighted by molar-refractivity contribution is 0.197. The molecule has 0 radical (unpaired) electrons. The van der Waals surface area contributed by atoms with Crippen LogP contribution in [0.3, 0.4) is 0 Å². The summed E-state index contributed by atoms with van der Waals surface area (Å²) in [6.45, 7) is 3.40. The Hall–Kier alpha value is -1.22. The number of halogens is 1. The van der Waals surface area contributed by atoms with Crippen molar-refractivity contribution in [1.82, 2.24) is 0 Å². The van der Waals surface area contributed by atoms with E-state index >= 15 is 0 Å². The summed E-state index contributed by atoms with van der Waals surface area (Å²) in [4.78, 5) is 4.38. The molecule has 0 bridgehead atoms. The van der Waals surface area contributed by atoms with E-state index in [0.29, 0.717) is 0 Å². The summed E-state index contributed by atoms with van der Waals surface area (Å²) < 4.78 is 17.6. The molecule has 15 heavy (non-hydrogen) atoms. The van der Waals surface area contributed by atoms with E-state index in [1.807, 2.05) is 6.92 Å². The van der Waals surface area contributed by atoms with E-state index in [1.54, 1.807) is 19.2 Å². The highest BCUT2D eigenvalue weighted by atomic mass is 19.1. The zero-order valence-corrected chi connectivity index (χ0v) is 9.16. The predicted octanol–water partition coefficient (Wildman–Crippen LogP) is 2.67. The average molecular weight is 209 g/mol. The number of nitrogens with zero attached hydrogens (tertiary/aromatic N) is 1. The Morgan fingerprint density at radius 2 is 2.00 bits per heavy atom. The predicted molar refractivity (Wildman–Crippen MR) is 60.0 cm³/mol. The zero-order chi connectivity index (χ0) is 11.1. The van der Waals surface area contributed by atoms with Crippen molar-refractivity contribution in [3.8, 4) is 0 Å². The molecule has 0 heterocycles. The molecule has 0 saturated heterocycles. The Labute approximate surface area is 89.8 Å². The first kappa shape index (κ1) is 11.9. The van der Waals surface area contributed by atoms with Crippen molar-refractivity contribution in [3.05, 3.63) is 35.6 Å². The highest BCUT2D eigenvalue weighted by Crippen LogP contribution is 2.04. The van der Waals surface area contributed by atoms with Crippen LogP contribution in [-0.2, 0) is 4.74 Å². The van der Waals surface area contributed by atoms with Gasteiger partial charge in [-0.1, -0.05) is 12.1 Å². The fraction of sp³-hybridized carbons (Fsp3) is 0.417. The van der Waals surface area contributed by atoms with Crippen molar-refractivity contribution in [2.24, 2.45) is 4.99 Å². The Morgan fingerprint density at radius 1 is 1.33 bits per heavy atom. The summed E-state index contributed by atoms with van der Waals surface area (Å²) in [5.41, 5.74) is 1.90. The molecule has 0 atom stereocenters. The van der Waals surface area contributed by atoms with Gasteiger partial charge in [0.2, 0.25) is 0 Å². The molecule has 0 N–H and O–H groups in total. The molecule has 2 nitrogen and oxygen atoms in total. The number of benzene rings is 1. The smallest absolute Gasteiger partial charge is 0.123 e. The Bertz CT molecular complexity index is 319. The molecule has 0 aliphatic rings. The highest BCUT2D eigenvalue weighted by Gasteiger charge is 1.96. The van der Waals surface area contributed by atoms with Gasteiger partial charge in [-0.2, -0.15) is 0 Å². The SMILES string of the molecule is COCCCN=C(C)c1ccc(F)cc1. The maximum atomic E-state index is 12.6. The van der Waals surface area contributed by atoms with E-state index < -0.39 is 0 Å². The van der Waals surface area contributed by atoms with Crippen molar-refractivity contribution in [1.29, 1.82) is 0 Å². The van der Waals surface area contributed by atoms with Crippen LogP contribution in [0.5, 0.6) is 0 Å². The van der Waals surface area contributed by atoms with Crippen LogP contribution in [0, 0.1) is 5.82 Å². The summed E-state index contributed by atoms with van der Waals surface area (Å²) >= 11 is 0. The summed E-state index contributed by atoms with van der Waals surface area (Å²) in [5, 5.41) is 0. The normalized spacial score (nSPS) is 11.8. The molecule has 0 amide bonds. The molecular weight excluding hydrogens is 193 g/mol. The largest absolute Gasteiger partial charge is 0.385 e. The van der Waals surface area contributed by atoms with Gasteiger partial charge in [-0.05, 0) is 31.0 Å². The number of hydrogen-bond acceptors (Lipinski definition) is 2. The lowest BCUT2D eigenvalue weighted by Gasteiger charge is -2.01. The van der Waals surface area contributed by atoms with Gasteiger partial charge in [-0.25, -0.2) is 4.39 Å². The van der Waals surface area contributed by atoms with Gasteiger partial charge in [-0.15, -0.1) is 0 Å². The van der Waals surface area contributed by atoms with Gasteiger partial charge < -0.3 is 4.74 Å². The average Bonchev–Trinajstić information content (AvgIpc) is 2.25. The van der Waals surface area contributed by atoms with E-state index in [2.05, 4.69) is 4.99 Å². The van der Waals surface area contributed by atoms with Crippen LogP contribution in [0.4, 0.5) is 4.39 Å².